The average molecular weight is 136 g/mol. The molecular weight excluding hydrogens is 127 g/mol. The molecule has 0 aliphatic carbocycles. The second-order valence-corrected chi connectivity index (χ2v) is 1.53. The molecule has 0 bridgehead atoms. The number of carbonyl (C=O) groups excluding carboxylic acids is 1. The van der Waals surface area contributed by atoms with Gasteiger partial charge in [0.1, 0.15) is 6.29 Å². The molecule has 1 nitrogen and oxygen atoms in total. The molecule has 1 aromatic rings. The highest BCUT2D eigenvalue weighted by Gasteiger charge is 1.79. The number of hydrogen-bond acceptors (Lipinski definition) is 1. The zero-order valence-corrected chi connectivity index (χ0v) is 4.37. The molecule has 0 aliphatic rings. The summed E-state index contributed by atoms with van der Waals surface area (Å²) in [6.07, 6.45) is 0.833. The maximum absolute atomic E-state index is 10.0. The van der Waals surface area contributed by atoms with Crippen LogP contribution in [0.25, 0.3) is 0 Å². The highest BCUT2D eigenvalue weighted by Crippen LogP contribution is 1.91. The monoisotopic (exact) mass is 136 g/mol. The van der Waals surface area contributed by atoms with E-state index < -0.39 is 0 Å². The second kappa shape index (κ2) is 4.32. The summed E-state index contributed by atoms with van der Waals surface area (Å²) in [5, 5.41) is 0. The van der Waals surface area contributed by atoms with Crippen LogP contribution >= 0.6 is 0 Å². The predicted molar refractivity (Wildman–Crippen MR) is 41.8 cm³/mol. The smallest absolute Gasteiger partial charge is 0.187 e. The molecule has 46 valence electrons. The van der Waals surface area contributed by atoms with Crippen molar-refractivity contribution in [1.29, 1.82) is 0 Å². The Morgan fingerprint density at radius 1 is 1.11 bits per heavy atom. The first-order valence-electron chi connectivity index (χ1n) is 2.44. The lowest BCUT2D eigenvalue weighted by atomic mass is 10.2. The molecule has 0 aromatic heterocycles. The fourth-order valence-electron chi connectivity index (χ4n) is 0.532. The molecule has 2 heteroatoms. The van der Waals surface area contributed by atoms with E-state index in [2.05, 4.69) is 0 Å². The number of rotatable bonds is 1. The molecule has 1 rings (SSSR count). The summed E-state index contributed by atoms with van der Waals surface area (Å²) in [5.74, 6) is 0. The lowest BCUT2D eigenvalue weighted by molar-refractivity contribution is 0.112. The molecule has 0 saturated carbocycles. The zero-order chi connectivity index (χ0) is 5.82. The normalized spacial score (nSPS) is 7.56. The second-order valence-electron chi connectivity index (χ2n) is 1.53. The molecule has 1 aromatic carbocycles. The van der Waals surface area contributed by atoms with Gasteiger partial charge < -0.3 is 0 Å². The van der Waals surface area contributed by atoms with Gasteiger partial charge in [-0.1, -0.05) is 30.3 Å². The van der Waals surface area contributed by atoms with E-state index in [-0.39, 0.29) is 17.4 Å². The summed E-state index contributed by atoms with van der Waals surface area (Å²) in [6.45, 7) is 0. The van der Waals surface area contributed by atoms with Crippen LogP contribution in [0.1, 0.15) is 10.4 Å². The maximum atomic E-state index is 10.0. The largest absolute Gasteiger partial charge is 0.298 e. The van der Waals surface area contributed by atoms with E-state index in [9.17, 15) is 4.79 Å². The summed E-state index contributed by atoms with van der Waals surface area (Å²) in [7, 11) is 0. The minimum atomic E-state index is 0. The fraction of sp³-hybridized carbons (Fsp3) is 0. The Labute approximate surface area is 64.8 Å². The van der Waals surface area contributed by atoms with Crippen LogP contribution in [0.15, 0.2) is 30.3 Å². The van der Waals surface area contributed by atoms with Crippen molar-refractivity contribution < 1.29 is 4.79 Å². The maximum Gasteiger partial charge on any atom is 0.187 e. The topological polar surface area (TPSA) is 17.1 Å². The minimum Gasteiger partial charge on any atom is -0.298 e. The Bertz CT molecular complexity index is 172. The predicted octanol–water partition coefficient (Wildman–Crippen LogP) is 0.315. The Morgan fingerprint density at radius 2 is 1.67 bits per heavy atom. The van der Waals surface area contributed by atoms with E-state index in [0.29, 0.717) is 0 Å². The van der Waals surface area contributed by atoms with Crippen molar-refractivity contribution in [3.63, 3.8) is 0 Å². The lowest BCUT2D eigenvalue weighted by Gasteiger charge is -1.81. The molecule has 0 saturated heterocycles. The quantitative estimate of drug-likeness (QED) is 0.401. The molecule has 0 N–H and O–H groups in total. The number of carbonyl (C=O) groups is 1. The number of hydrogen-bond donors (Lipinski definition) is 0. The van der Waals surface area contributed by atoms with Crippen molar-refractivity contribution in [2.75, 3.05) is 0 Å². The van der Waals surface area contributed by atoms with Gasteiger partial charge in [-0.05, 0) is 0 Å². The molecule has 0 radical (unpaired) electrons. The molecule has 0 spiro atoms. The molecule has 0 unspecified atom stereocenters. The van der Waals surface area contributed by atoms with Gasteiger partial charge in [-0.2, -0.15) is 0 Å². The van der Waals surface area contributed by atoms with Gasteiger partial charge in [-0.3, -0.25) is 4.79 Å². The Kier molecular flexibility index (Phi) is 4.04. The van der Waals surface area contributed by atoms with Crippen LogP contribution in [0, 0.1) is 0 Å². The third kappa shape index (κ3) is 2.46. The number of benzene rings is 1. The van der Waals surface area contributed by atoms with Crippen LogP contribution in [-0.2, 0) is 0 Å². The first kappa shape index (κ1) is 8.42. The highest BCUT2D eigenvalue weighted by atomic mass is 27.0. The van der Waals surface area contributed by atoms with E-state index in [0.717, 1.165) is 11.8 Å². The number of aldehydes is 1. The minimum absolute atomic E-state index is 0. The fourth-order valence-corrected chi connectivity index (χ4v) is 0.532. The van der Waals surface area contributed by atoms with Gasteiger partial charge in [-0.25, -0.2) is 0 Å². The first-order chi connectivity index (χ1) is 3.93. The Hall–Kier alpha value is -0.578. The lowest BCUT2D eigenvalue weighted by Crippen LogP contribution is -1.73. The molecular formula is C7H9AlO. The Balaban J connectivity index is 0.000000640. The Morgan fingerprint density at radius 3 is 2.00 bits per heavy atom. The van der Waals surface area contributed by atoms with Crippen LogP contribution < -0.4 is 0 Å². The summed E-state index contributed by atoms with van der Waals surface area (Å²) < 4.78 is 0. The summed E-state index contributed by atoms with van der Waals surface area (Å²) in [5.41, 5.74) is 0.729. The third-order valence-electron chi connectivity index (χ3n) is 0.936. The zero-order valence-electron chi connectivity index (χ0n) is 4.37. The SMILES string of the molecule is O=Cc1ccccc1.[AlH3]. The van der Waals surface area contributed by atoms with Crippen molar-refractivity contribution in [1.82, 2.24) is 0 Å². The average Bonchev–Trinajstić information content (AvgIpc) is 1.90. The van der Waals surface area contributed by atoms with Crippen molar-refractivity contribution >= 4 is 23.6 Å². The van der Waals surface area contributed by atoms with Crippen LogP contribution in [0.5, 0.6) is 0 Å². The van der Waals surface area contributed by atoms with Crippen molar-refractivity contribution in [3.8, 4) is 0 Å². The van der Waals surface area contributed by atoms with Crippen LogP contribution in [0.3, 0.4) is 0 Å². The van der Waals surface area contributed by atoms with Gasteiger partial charge in [0.25, 0.3) is 0 Å². The van der Waals surface area contributed by atoms with Gasteiger partial charge in [-0.15, -0.1) is 0 Å². The van der Waals surface area contributed by atoms with Crippen molar-refractivity contribution in [2.24, 2.45) is 0 Å². The van der Waals surface area contributed by atoms with E-state index in [1.807, 2.05) is 18.2 Å². The highest BCUT2D eigenvalue weighted by molar-refractivity contribution is 5.75. The molecule has 0 atom stereocenters. The first-order valence-corrected chi connectivity index (χ1v) is 2.44. The van der Waals surface area contributed by atoms with Gasteiger partial charge in [0.15, 0.2) is 17.4 Å². The molecule has 0 amide bonds. The summed E-state index contributed by atoms with van der Waals surface area (Å²) in [4.78, 5) is 10.0. The van der Waals surface area contributed by atoms with E-state index in [4.69, 9.17) is 0 Å². The van der Waals surface area contributed by atoms with Crippen molar-refractivity contribution in [3.05, 3.63) is 35.9 Å². The summed E-state index contributed by atoms with van der Waals surface area (Å²) >= 11 is 0. The van der Waals surface area contributed by atoms with Crippen LogP contribution in [0.2, 0.25) is 0 Å². The standard InChI is InChI=1S/C7H6O.Al.3H/c8-6-7-4-2-1-3-5-7;;;;/h1-6H;;;;. The molecule has 9 heavy (non-hydrogen) atoms. The van der Waals surface area contributed by atoms with Gasteiger partial charge in [0.2, 0.25) is 0 Å². The van der Waals surface area contributed by atoms with Crippen LogP contribution in [0.4, 0.5) is 0 Å². The third-order valence-corrected chi connectivity index (χ3v) is 0.936. The van der Waals surface area contributed by atoms with Crippen LogP contribution in [-0.4, -0.2) is 23.6 Å². The molecule has 0 fully saturated rings. The van der Waals surface area contributed by atoms with Gasteiger partial charge in [0, 0.05) is 5.56 Å². The van der Waals surface area contributed by atoms with E-state index in [1.54, 1.807) is 12.1 Å². The summed E-state index contributed by atoms with van der Waals surface area (Å²) in [6, 6.07) is 9.10. The molecule has 0 heterocycles. The molecule has 0 aliphatic heterocycles. The van der Waals surface area contributed by atoms with Crippen molar-refractivity contribution in [2.45, 2.75) is 0 Å². The van der Waals surface area contributed by atoms with Gasteiger partial charge in [0.05, 0.1) is 0 Å². The van der Waals surface area contributed by atoms with Gasteiger partial charge >= 0.3 is 0 Å². The van der Waals surface area contributed by atoms with E-state index in [1.165, 1.54) is 0 Å². The van der Waals surface area contributed by atoms with E-state index >= 15 is 0 Å².